The van der Waals surface area contributed by atoms with Crippen molar-refractivity contribution in [3.8, 4) is 11.4 Å². The molecule has 11 heteroatoms. The standard InChI is InChI=1S/C26H27ClFN5O3S/c1-16-6-8-19(9-7-16)37(35,36)33-15-21(20-12-18(27)13-31-26(20)33)24-30-14-22(28)25(32-24)29-11-10-17-4-2-3-5-23(17)34/h6-9,12-15,17,23,34H,2-5,10-11H2,1H3,(H,29,30,32). The normalized spacial score (nSPS) is 18.3. The summed E-state index contributed by atoms with van der Waals surface area (Å²) in [6.07, 6.45) is 8.02. The van der Waals surface area contributed by atoms with E-state index in [-0.39, 0.29) is 34.2 Å². The van der Waals surface area contributed by atoms with Crippen LogP contribution in [0.3, 0.4) is 0 Å². The molecule has 8 nitrogen and oxygen atoms in total. The Hall–Kier alpha value is -3.08. The van der Waals surface area contributed by atoms with E-state index in [1.54, 1.807) is 18.2 Å². The Kier molecular flexibility index (Phi) is 7.15. The highest BCUT2D eigenvalue weighted by Gasteiger charge is 2.25. The number of fused-ring (bicyclic) bond motifs is 1. The molecule has 4 aromatic rings. The van der Waals surface area contributed by atoms with Crippen molar-refractivity contribution in [3.63, 3.8) is 0 Å². The summed E-state index contributed by atoms with van der Waals surface area (Å²) in [5.41, 5.74) is 1.44. The van der Waals surface area contributed by atoms with E-state index in [0.717, 1.165) is 41.4 Å². The third-order valence-electron chi connectivity index (χ3n) is 6.82. The Labute approximate surface area is 219 Å². The van der Waals surface area contributed by atoms with Gasteiger partial charge in [-0.25, -0.2) is 31.7 Å². The molecule has 0 spiro atoms. The van der Waals surface area contributed by atoms with Crippen LogP contribution in [0.15, 0.2) is 53.8 Å². The van der Waals surface area contributed by atoms with E-state index in [0.29, 0.717) is 28.9 Å². The molecule has 0 aliphatic heterocycles. The van der Waals surface area contributed by atoms with Crippen LogP contribution in [0.2, 0.25) is 5.02 Å². The lowest BCUT2D eigenvalue weighted by molar-refractivity contribution is 0.0671. The number of rotatable bonds is 7. The van der Waals surface area contributed by atoms with Gasteiger partial charge >= 0.3 is 0 Å². The molecule has 0 radical (unpaired) electrons. The van der Waals surface area contributed by atoms with Crippen LogP contribution in [0.25, 0.3) is 22.4 Å². The Morgan fingerprint density at radius 3 is 2.68 bits per heavy atom. The summed E-state index contributed by atoms with van der Waals surface area (Å²) in [7, 11) is -3.99. The van der Waals surface area contributed by atoms with Crippen LogP contribution in [0.5, 0.6) is 0 Å². The summed E-state index contributed by atoms with van der Waals surface area (Å²) in [5, 5.41) is 14.0. The first-order chi connectivity index (χ1) is 17.7. The minimum atomic E-state index is -3.99. The molecule has 2 atom stereocenters. The molecule has 0 amide bonds. The van der Waals surface area contributed by atoms with Gasteiger partial charge in [-0.1, -0.05) is 42.1 Å². The Morgan fingerprint density at radius 1 is 1.16 bits per heavy atom. The van der Waals surface area contributed by atoms with Crippen LogP contribution in [-0.2, 0) is 10.0 Å². The van der Waals surface area contributed by atoms with Crippen LogP contribution in [0.4, 0.5) is 10.2 Å². The molecule has 1 aliphatic rings. The van der Waals surface area contributed by atoms with Crippen LogP contribution >= 0.6 is 11.6 Å². The molecule has 3 heterocycles. The van der Waals surface area contributed by atoms with E-state index in [9.17, 15) is 17.9 Å². The molecule has 0 saturated heterocycles. The minimum absolute atomic E-state index is 0.00702. The number of nitrogens with one attached hydrogen (secondary N) is 1. The quantitative estimate of drug-likeness (QED) is 0.330. The molecule has 2 N–H and O–H groups in total. The maximum atomic E-state index is 14.6. The van der Waals surface area contributed by atoms with Gasteiger partial charge in [-0.15, -0.1) is 0 Å². The first kappa shape index (κ1) is 25.6. The fourth-order valence-electron chi connectivity index (χ4n) is 4.76. The van der Waals surface area contributed by atoms with E-state index in [2.05, 4.69) is 20.3 Å². The second kappa shape index (κ2) is 10.4. The fraction of sp³-hybridized carbons (Fsp3) is 0.346. The number of aromatic nitrogens is 4. The van der Waals surface area contributed by atoms with Gasteiger partial charge in [-0.2, -0.15) is 0 Å². The number of pyridine rings is 1. The van der Waals surface area contributed by atoms with E-state index >= 15 is 0 Å². The van der Waals surface area contributed by atoms with Crippen LogP contribution in [0, 0.1) is 18.7 Å². The Balaban J connectivity index is 1.50. The number of hydrogen-bond donors (Lipinski definition) is 2. The summed E-state index contributed by atoms with van der Waals surface area (Å²) in [5.74, 6) is -0.315. The SMILES string of the molecule is Cc1ccc(S(=O)(=O)n2cc(-c3ncc(F)c(NCCC4CCCCC4O)n3)c3cc(Cl)cnc32)cc1. The number of anilines is 1. The van der Waals surface area contributed by atoms with Gasteiger partial charge in [-0.3, -0.25) is 0 Å². The van der Waals surface area contributed by atoms with Gasteiger partial charge < -0.3 is 10.4 Å². The van der Waals surface area contributed by atoms with Crippen molar-refractivity contribution in [1.82, 2.24) is 18.9 Å². The third-order valence-corrected chi connectivity index (χ3v) is 8.69. The first-order valence-electron chi connectivity index (χ1n) is 12.2. The smallest absolute Gasteiger partial charge is 0.269 e. The van der Waals surface area contributed by atoms with E-state index in [4.69, 9.17) is 11.6 Å². The van der Waals surface area contributed by atoms with Crippen LogP contribution < -0.4 is 5.32 Å². The lowest BCUT2D eigenvalue weighted by Gasteiger charge is -2.27. The number of aryl methyl sites for hydroxylation is 1. The van der Waals surface area contributed by atoms with Gasteiger partial charge in [0.15, 0.2) is 23.1 Å². The molecular weight excluding hydrogens is 517 g/mol. The monoisotopic (exact) mass is 543 g/mol. The van der Waals surface area contributed by atoms with Crippen LogP contribution in [0.1, 0.15) is 37.7 Å². The molecule has 1 saturated carbocycles. The second-order valence-electron chi connectivity index (χ2n) is 9.40. The second-order valence-corrected chi connectivity index (χ2v) is 11.7. The van der Waals surface area contributed by atoms with Gasteiger partial charge in [-0.05, 0) is 50.3 Å². The zero-order chi connectivity index (χ0) is 26.2. The summed E-state index contributed by atoms with van der Waals surface area (Å²) in [6.45, 7) is 2.31. The highest BCUT2D eigenvalue weighted by atomic mass is 35.5. The molecule has 5 rings (SSSR count). The predicted molar refractivity (Wildman–Crippen MR) is 141 cm³/mol. The average Bonchev–Trinajstić information content (AvgIpc) is 3.26. The summed E-state index contributed by atoms with van der Waals surface area (Å²) < 4.78 is 42.6. The van der Waals surface area contributed by atoms with Crippen molar-refractivity contribution in [2.75, 3.05) is 11.9 Å². The van der Waals surface area contributed by atoms with Crippen molar-refractivity contribution < 1.29 is 17.9 Å². The number of halogens is 2. The number of hydrogen-bond acceptors (Lipinski definition) is 7. The molecule has 1 fully saturated rings. The maximum absolute atomic E-state index is 14.6. The molecular formula is C26H27ClFN5O3S. The molecule has 1 aromatic carbocycles. The number of aliphatic hydroxyl groups excluding tert-OH is 1. The summed E-state index contributed by atoms with van der Waals surface area (Å²) in [6, 6.07) is 8.09. The molecule has 2 unspecified atom stereocenters. The van der Waals surface area contributed by atoms with Crippen molar-refractivity contribution >= 4 is 38.5 Å². The lowest BCUT2D eigenvalue weighted by atomic mass is 9.84. The van der Waals surface area contributed by atoms with Gasteiger partial charge in [0.05, 0.1) is 22.2 Å². The van der Waals surface area contributed by atoms with Gasteiger partial charge in [0.1, 0.15) is 0 Å². The van der Waals surface area contributed by atoms with Crippen molar-refractivity contribution in [2.45, 2.75) is 50.0 Å². The van der Waals surface area contributed by atoms with Crippen molar-refractivity contribution in [1.29, 1.82) is 0 Å². The maximum Gasteiger partial charge on any atom is 0.269 e. The molecule has 37 heavy (non-hydrogen) atoms. The van der Waals surface area contributed by atoms with Crippen LogP contribution in [-0.4, -0.2) is 45.1 Å². The predicted octanol–water partition coefficient (Wildman–Crippen LogP) is 5.18. The van der Waals surface area contributed by atoms with E-state index in [1.807, 2.05) is 6.92 Å². The summed E-state index contributed by atoms with van der Waals surface area (Å²) in [4.78, 5) is 12.9. The molecule has 0 bridgehead atoms. The van der Waals surface area contributed by atoms with E-state index < -0.39 is 15.8 Å². The summed E-state index contributed by atoms with van der Waals surface area (Å²) >= 11 is 6.19. The largest absolute Gasteiger partial charge is 0.393 e. The van der Waals surface area contributed by atoms with Gasteiger partial charge in [0.2, 0.25) is 0 Å². The van der Waals surface area contributed by atoms with Crippen molar-refractivity contribution in [3.05, 3.63) is 65.3 Å². The van der Waals surface area contributed by atoms with Crippen molar-refractivity contribution in [2.24, 2.45) is 5.92 Å². The number of aliphatic hydroxyl groups is 1. The highest BCUT2D eigenvalue weighted by Crippen LogP contribution is 2.33. The molecule has 194 valence electrons. The zero-order valence-electron chi connectivity index (χ0n) is 20.2. The third kappa shape index (κ3) is 5.18. The topological polar surface area (TPSA) is 110 Å². The molecule has 3 aromatic heterocycles. The lowest BCUT2D eigenvalue weighted by Crippen LogP contribution is -2.26. The van der Waals surface area contributed by atoms with Gasteiger partial charge in [0.25, 0.3) is 10.0 Å². The number of nitrogens with zero attached hydrogens (tertiary/aromatic N) is 4. The number of benzene rings is 1. The minimum Gasteiger partial charge on any atom is -0.393 e. The fourth-order valence-corrected chi connectivity index (χ4v) is 6.24. The van der Waals surface area contributed by atoms with E-state index in [1.165, 1.54) is 24.5 Å². The Bertz CT molecular complexity index is 1540. The van der Waals surface area contributed by atoms with Gasteiger partial charge in [0, 0.05) is 29.9 Å². The Morgan fingerprint density at radius 2 is 1.92 bits per heavy atom. The highest BCUT2D eigenvalue weighted by molar-refractivity contribution is 7.90. The zero-order valence-corrected chi connectivity index (χ0v) is 21.8. The average molecular weight is 544 g/mol. The molecule has 1 aliphatic carbocycles. The first-order valence-corrected chi connectivity index (χ1v) is 14.0.